The van der Waals surface area contributed by atoms with Gasteiger partial charge in [-0.3, -0.25) is 0 Å². The number of nitrogens with zero attached hydrogens (tertiary/aromatic N) is 1. The largest absolute Gasteiger partial charge is 0.319 e. The lowest BCUT2D eigenvalue weighted by molar-refractivity contribution is 0.601. The zero-order valence-corrected chi connectivity index (χ0v) is 14.0. The van der Waals surface area contributed by atoms with E-state index in [0.717, 1.165) is 13.0 Å². The molecule has 1 aromatic heterocycles. The molecule has 0 radical (unpaired) electrons. The summed E-state index contributed by atoms with van der Waals surface area (Å²) in [6, 6.07) is 22.2. The van der Waals surface area contributed by atoms with Gasteiger partial charge in [0.25, 0.3) is 0 Å². The van der Waals surface area contributed by atoms with E-state index in [1.807, 2.05) is 0 Å². The Hall–Kier alpha value is -2.03. The molecule has 0 bridgehead atoms. The SMILES string of the molecule is CCc1ccc(C2NCc3ccccc3-n3cccc32)cc1.Cl. The van der Waals surface area contributed by atoms with Gasteiger partial charge in [-0.2, -0.15) is 0 Å². The van der Waals surface area contributed by atoms with Gasteiger partial charge in [-0.05, 0) is 41.3 Å². The molecule has 0 fully saturated rings. The van der Waals surface area contributed by atoms with Gasteiger partial charge in [0.2, 0.25) is 0 Å². The molecule has 0 saturated heterocycles. The number of halogens is 1. The third-order valence-electron chi connectivity index (χ3n) is 4.55. The summed E-state index contributed by atoms with van der Waals surface area (Å²) >= 11 is 0. The van der Waals surface area contributed by atoms with Gasteiger partial charge in [-0.25, -0.2) is 0 Å². The lowest BCUT2D eigenvalue weighted by atomic mass is 10.0. The third-order valence-corrected chi connectivity index (χ3v) is 4.55. The minimum atomic E-state index is 0. The van der Waals surface area contributed by atoms with Crippen molar-refractivity contribution in [2.45, 2.75) is 25.9 Å². The number of rotatable bonds is 2. The zero-order valence-electron chi connectivity index (χ0n) is 13.2. The summed E-state index contributed by atoms with van der Waals surface area (Å²) in [5.74, 6) is 0. The molecule has 3 heteroatoms. The summed E-state index contributed by atoms with van der Waals surface area (Å²) in [7, 11) is 0. The van der Waals surface area contributed by atoms with Crippen LogP contribution in [0.5, 0.6) is 0 Å². The molecule has 2 heterocycles. The predicted octanol–water partition coefficient (Wildman–Crippen LogP) is 4.65. The first kappa shape index (κ1) is 15.9. The third kappa shape index (κ3) is 2.80. The van der Waals surface area contributed by atoms with Crippen molar-refractivity contribution in [2.75, 3.05) is 0 Å². The molecule has 1 aliphatic rings. The molecule has 23 heavy (non-hydrogen) atoms. The van der Waals surface area contributed by atoms with Crippen LogP contribution in [0.3, 0.4) is 0 Å². The number of fused-ring (bicyclic) bond motifs is 3. The van der Waals surface area contributed by atoms with Gasteiger partial charge in [-0.1, -0.05) is 49.4 Å². The quantitative estimate of drug-likeness (QED) is 0.725. The van der Waals surface area contributed by atoms with Crippen LogP contribution in [0.4, 0.5) is 0 Å². The van der Waals surface area contributed by atoms with Crippen molar-refractivity contribution >= 4 is 12.4 Å². The smallest absolute Gasteiger partial charge is 0.0737 e. The Bertz CT molecular complexity index is 789. The summed E-state index contributed by atoms with van der Waals surface area (Å²) in [6.07, 6.45) is 3.24. The molecule has 2 aromatic carbocycles. The highest BCUT2D eigenvalue weighted by atomic mass is 35.5. The van der Waals surface area contributed by atoms with E-state index >= 15 is 0 Å². The van der Waals surface area contributed by atoms with Crippen molar-refractivity contribution < 1.29 is 0 Å². The Morgan fingerprint density at radius 3 is 2.57 bits per heavy atom. The predicted molar refractivity (Wildman–Crippen MR) is 97.5 cm³/mol. The number of hydrogen-bond acceptors (Lipinski definition) is 1. The summed E-state index contributed by atoms with van der Waals surface area (Å²) in [4.78, 5) is 0. The molecular weight excluding hydrogens is 304 g/mol. The van der Waals surface area contributed by atoms with Gasteiger partial charge < -0.3 is 9.88 Å². The van der Waals surface area contributed by atoms with Crippen LogP contribution in [0.15, 0.2) is 66.9 Å². The second-order valence-corrected chi connectivity index (χ2v) is 5.84. The van der Waals surface area contributed by atoms with Gasteiger partial charge >= 0.3 is 0 Å². The van der Waals surface area contributed by atoms with E-state index < -0.39 is 0 Å². The lowest BCUT2D eigenvalue weighted by Gasteiger charge is -2.18. The first-order chi connectivity index (χ1) is 10.9. The number of para-hydroxylation sites is 1. The van der Waals surface area contributed by atoms with Crippen molar-refractivity contribution in [1.29, 1.82) is 0 Å². The van der Waals surface area contributed by atoms with Crippen molar-refractivity contribution in [3.05, 3.63) is 89.2 Å². The van der Waals surface area contributed by atoms with E-state index in [9.17, 15) is 0 Å². The fourth-order valence-corrected chi connectivity index (χ4v) is 3.30. The van der Waals surface area contributed by atoms with E-state index in [4.69, 9.17) is 0 Å². The van der Waals surface area contributed by atoms with Crippen LogP contribution in [0.2, 0.25) is 0 Å². The minimum absolute atomic E-state index is 0. The van der Waals surface area contributed by atoms with Crippen LogP contribution in [0, 0.1) is 0 Å². The summed E-state index contributed by atoms with van der Waals surface area (Å²) in [5, 5.41) is 3.71. The fraction of sp³-hybridized carbons (Fsp3) is 0.200. The molecule has 2 nitrogen and oxygen atoms in total. The molecule has 1 aliphatic heterocycles. The highest BCUT2D eigenvalue weighted by molar-refractivity contribution is 5.85. The molecule has 0 amide bonds. The van der Waals surface area contributed by atoms with Crippen LogP contribution in [0.1, 0.15) is 35.3 Å². The molecule has 4 rings (SSSR count). The van der Waals surface area contributed by atoms with Crippen LogP contribution in [-0.4, -0.2) is 4.57 Å². The number of hydrogen-bond donors (Lipinski definition) is 1. The van der Waals surface area contributed by atoms with Gasteiger partial charge in [0.15, 0.2) is 0 Å². The summed E-state index contributed by atoms with van der Waals surface area (Å²) < 4.78 is 2.31. The van der Waals surface area contributed by atoms with E-state index in [1.54, 1.807) is 0 Å². The topological polar surface area (TPSA) is 17.0 Å². The lowest BCUT2D eigenvalue weighted by Crippen LogP contribution is -2.21. The molecule has 1 atom stereocenters. The number of aryl methyl sites for hydroxylation is 1. The average molecular weight is 325 g/mol. The highest BCUT2D eigenvalue weighted by Gasteiger charge is 2.22. The van der Waals surface area contributed by atoms with E-state index in [1.165, 1.54) is 28.1 Å². The van der Waals surface area contributed by atoms with Crippen LogP contribution < -0.4 is 5.32 Å². The second kappa shape index (κ2) is 6.61. The van der Waals surface area contributed by atoms with Crippen LogP contribution >= 0.6 is 12.4 Å². The molecule has 1 unspecified atom stereocenters. The van der Waals surface area contributed by atoms with Crippen molar-refractivity contribution in [1.82, 2.24) is 9.88 Å². The molecule has 3 aromatic rings. The van der Waals surface area contributed by atoms with E-state index in [2.05, 4.69) is 83.7 Å². The molecule has 0 spiro atoms. The molecule has 0 aliphatic carbocycles. The normalized spacial score (nSPS) is 16.0. The van der Waals surface area contributed by atoms with Crippen LogP contribution in [0.25, 0.3) is 5.69 Å². The van der Waals surface area contributed by atoms with Crippen molar-refractivity contribution in [3.8, 4) is 5.69 Å². The molecular formula is C20H21ClN2. The molecule has 118 valence electrons. The number of nitrogens with one attached hydrogen (secondary N) is 1. The molecule has 1 N–H and O–H groups in total. The maximum absolute atomic E-state index is 3.71. The Labute approximate surface area is 143 Å². The molecule has 0 saturated carbocycles. The second-order valence-electron chi connectivity index (χ2n) is 5.84. The first-order valence-corrected chi connectivity index (χ1v) is 7.94. The van der Waals surface area contributed by atoms with Crippen molar-refractivity contribution in [2.24, 2.45) is 0 Å². The van der Waals surface area contributed by atoms with Gasteiger partial charge in [0.05, 0.1) is 6.04 Å². The van der Waals surface area contributed by atoms with E-state index in [-0.39, 0.29) is 18.4 Å². The first-order valence-electron chi connectivity index (χ1n) is 7.94. The maximum Gasteiger partial charge on any atom is 0.0737 e. The average Bonchev–Trinajstić information content (AvgIpc) is 3.00. The number of aromatic nitrogens is 1. The Balaban J connectivity index is 0.00000156. The van der Waals surface area contributed by atoms with Crippen molar-refractivity contribution in [3.63, 3.8) is 0 Å². The Kier molecular flexibility index (Phi) is 4.56. The number of benzene rings is 2. The maximum atomic E-state index is 3.71. The van der Waals surface area contributed by atoms with Gasteiger partial charge in [-0.15, -0.1) is 12.4 Å². The standard InChI is InChI=1S/C20H20N2.ClH/c1-2-15-9-11-16(12-10-15)20-19-8-5-13-22(19)18-7-4-3-6-17(18)14-21-20;/h3-13,20-21H,2,14H2,1H3;1H. The fourth-order valence-electron chi connectivity index (χ4n) is 3.30. The zero-order chi connectivity index (χ0) is 14.9. The Morgan fingerprint density at radius 1 is 1.00 bits per heavy atom. The monoisotopic (exact) mass is 324 g/mol. The minimum Gasteiger partial charge on any atom is -0.319 e. The van der Waals surface area contributed by atoms with Crippen LogP contribution in [-0.2, 0) is 13.0 Å². The summed E-state index contributed by atoms with van der Waals surface area (Å²) in [5.41, 5.74) is 6.63. The highest BCUT2D eigenvalue weighted by Crippen LogP contribution is 2.30. The Morgan fingerprint density at radius 2 is 1.78 bits per heavy atom. The van der Waals surface area contributed by atoms with Gasteiger partial charge in [0, 0.05) is 24.1 Å². The van der Waals surface area contributed by atoms with E-state index in [0.29, 0.717) is 0 Å². The van der Waals surface area contributed by atoms with Gasteiger partial charge in [0.1, 0.15) is 0 Å². The summed E-state index contributed by atoms with van der Waals surface area (Å²) in [6.45, 7) is 3.08.